The summed E-state index contributed by atoms with van der Waals surface area (Å²) in [4.78, 5) is 2.44. The highest BCUT2D eigenvalue weighted by Crippen LogP contribution is 2.23. The molecule has 2 heterocycles. The van der Waals surface area contributed by atoms with E-state index in [1.807, 2.05) is 0 Å². The second-order valence-corrected chi connectivity index (χ2v) is 6.47. The summed E-state index contributed by atoms with van der Waals surface area (Å²) in [5, 5.41) is 11.1. The van der Waals surface area contributed by atoms with Gasteiger partial charge in [-0.1, -0.05) is 6.07 Å². The second kappa shape index (κ2) is 8.28. The van der Waals surface area contributed by atoms with E-state index in [9.17, 15) is 8.78 Å². The lowest BCUT2D eigenvalue weighted by molar-refractivity contribution is 0.164. The first kappa shape index (κ1) is 17.0. The number of nitrogens with zero attached hydrogens (tertiary/aromatic N) is 5. The minimum absolute atomic E-state index is 0.230. The van der Waals surface area contributed by atoms with Gasteiger partial charge in [-0.3, -0.25) is 0 Å². The fourth-order valence-corrected chi connectivity index (χ4v) is 3.45. The van der Waals surface area contributed by atoms with Crippen LogP contribution in [0.3, 0.4) is 0 Å². The zero-order valence-corrected chi connectivity index (χ0v) is 13.7. The molecule has 1 saturated heterocycles. The van der Waals surface area contributed by atoms with Crippen molar-refractivity contribution < 1.29 is 8.78 Å². The van der Waals surface area contributed by atoms with Crippen molar-refractivity contribution in [2.75, 3.05) is 19.6 Å². The van der Waals surface area contributed by atoms with Crippen molar-refractivity contribution in [3.63, 3.8) is 0 Å². The van der Waals surface area contributed by atoms with Crippen molar-refractivity contribution >= 4 is 0 Å². The molecule has 0 unspecified atom stereocenters. The molecular formula is C17H23F2N5. The van der Waals surface area contributed by atoms with Gasteiger partial charge in [0.1, 0.15) is 18.0 Å². The standard InChI is InChI=1S/C17H23F2N5/c18-16-5-1-6-17(19)15(16)8-7-14-4-2-9-23(12-14)10-3-11-24-13-20-21-22-24/h1,5-6,13-14H,2-4,7-12H2/t14-/m1/s1. The van der Waals surface area contributed by atoms with Gasteiger partial charge in [0, 0.05) is 18.7 Å². The molecule has 0 aliphatic carbocycles. The Labute approximate surface area is 140 Å². The molecule has 1 aliphatic rings. The number of rotatable bonds is 7. The fraction of sp³-hybridized carbons (Fsp3) is 0.588. The van der Waals surface area contributed by atoms with Crippen LogP contribution in [0, 0.1) is 17.6 Å². The Kier molecular flexibility index (Phi) is 5.85. The predicted octanol–water partition coefficient (Wildman–Crippen LogP) is 2.69. The van der Waals surface area contributed by atoms with Crippen LogP contribution in [0.15, 0.2) is 24.5 Å². The van der Waals surface area contributed by atoms with Gasteiger partial charge in [-0.25, -0.2) is 13.5 Å². The molecule has 1 fully saturated rings. The van der Waals surface area contributed by atoms with Crippen molar-refractivity contribution in [3.8, 4) is 0 Å². The van der Waals surface area contributed by atoms with Gasteiger partial charge in [0.05, 0.1) is 0 Å². The first-order chi connectivity index (χ1) is 11.7. The summed E-state index contributed by atoms with van der Waals surface area (Å²) >= 11 is 0. The van der Waals surface area contributed by atoms with Crippen LogP contribution in [-0.4, -0.2) is 44.7 Å². The Morgan fingerprint density at radius 3 is 2.75 bits per heavy atom. The summed E-state index contributed by atoms with van der Waals surface area (Å²) in [7, 11) is 0. The smallest absolute Gasteiger partial charge is 0.138 e. The summed E-state index contributed by atoms with van der Waals surface area (Å²) in [6.07, 6.45) is 6.22. The normalized spacial score (nSPS) is 18.8. The van der Waals surface area contributed by atoms with Gasteiger partial charge < -0.3 is 4.90 Å². The van der Waals surface area contributed by atoms with E-state index in [0.29, 0.717) is 12.3 Å². The number of tetrazole rings is 1. The number of aryl methyl sites for hydroxylation is 1. The maximum absolute atomic E-state index is 13.7. The Bertz CT molecular complexity index is 612. The third-order valence-electron chi connectivity index (χ3n) is 4.72. The molecule has 7 heteroatoms. The van der Waals surface area contributed by atoms with Gasteiger partial charge in [-0.15, -0.1) is 5.10 Å². The highest BCUT2D eigenvalue weighted by molar-refractivity contribution is 5.19. The van der Waals surface area contributed by atoms with Crippen molar-refractivity contribution in [3.05, 3.63) is 41.7 Å². The molecule has 0 amide bonds. The lowest BCUT2D eigenvalue weighted by atomic mass is 9.91. The summed E-state index contributed by atoms with van der Waals surface area (Å²) in [6.45, 7) is 3.92. The molecule has 0 bridgehead atoms. The number of piperidine rings is 1. The van der Waals surface area contributed by atoms with Crippen LogP contribution in [0.25, 0.3) is 0 Å². The van der Waals surface area contributed by atoms with Gasteiger partial charge in [0.15, 0.2) is 0 Å². The Morgan fingerprint density at radius 2 is 2.00 bits per heavy atom. The summed E-state index contributed by atoms with van der Waals surface area (Å²) < 4.78 is 29.2. The number of hydrogen-bond acceptors (Lipinski definition) is 4. The van der Waals surface area contributed by atoms with E-state index in [1.54, 1.807) is 11.0 Å². The van der Waals surface area contributed by atoms with Crippen molar-refractivity contribution in [2.45, 2.75) is 38.6 Å². The van der Waals surface area contributed by atoms with E-state index < -0.39 is 11.6 Å². The largest absolute Gasteiger partial charge is 0.303 e. The molecule has 1 atom stereocenters. The lowest BCUT2D eigenvalue weighted by Gasteiger charge is -2.32. The lowest BCUT2D eigenvalue weighted by Crippen LogP contribution is -2.36. The zero-order chi connectivity index (χ0) is 16.8. The van der Waals surface area contributed by atoms with Gasteiger partial charge in [0.25, 0.3) is 0 Å². The number of benzene rings is 1. The van der Waals surface area contributed by atoms with Crippen molar-refractivity contribution in [1.82, 2.24) is 25.1 Å². The molecule has 5 nitrogen and oxygen atoms in total. The van der Waals surface area contributed by atoms with Crippen LogP contribution in [-0.2, 0) is 13.0 Å². The highest BCUT2D eigenvalue weighted by Gasteiger charge is 2.20. The quantitative estimate of drug-likeness (QED) is 0.780. The van der Waals surface area contributed by atoms with Crippen molar-refractivity contribution in [2.24, 2.45) is 5.92 Å². The Balaban J connectivity index is 1.43. The molecule has 1 aromatic carbocycles. The average molecular weight is 335 g/mol. The monoisotopic (exact) mass is 335 g/mol. The van der Waals surface area contributed by atoms with Crippen LogP contribution < -0.4 is 0 Å². The Hall–Kier alpha value is -1.89. The number of halogens is 2. The molecule has 3 rings (SSSR count). The predicted molar refractivity (Wildman–Crippen MR) is 86.3 cm³/mol. The number of likely N-dealkylation sites (tertiary alicyclic amines) is 1. The molecule has 0 radical (unpaired) electrons. The minimum Gasteiger partial charge on any atom is -0.303 e. The van der Waals surface area contributed by atoms with Gasteiger partial charge in [-0.05, 0) is 73.7 Å². The molecule has 1 aliphatic heterocycles. The SMILES string of the molecule is Fc1cccc(F)c1CC[C@H]1CCCN(CCCn2cnnn2)C1. The first-order valence-electron chi connectivity index (χ1n) is 8.58. The minimum atomic E-state index is -0.427. The van der Waals surface area contributed by atoms with Gasteiger partial charge in [-0.2, -0.15) is 0 Å². The molecule has 0 spiro atoms. The summed E-state index contributed by atoms with van der Waals surface area (Å²) in [5.74, 6) is -0.348. The molecule has 2 aromatic rings. The van der Waals surface area contributed by atoms with Crippen molar-refractivity contribution in [1.29, 1.82) is 0 Å². The van der Waals surface area contributed by atoms with E-state index >= 15 is 0 Å². The van der Waals surface area contributed by atoms with Gasteiger partial charge >= 0.3 is 0 Å². The highest BCUT2D eigenvalue weighted by atomic mass is 19.1. The first-order valence-corrected chi connectivity index (χ1v) is 8.58. The van der Waals surface area contributed by atoms with Crippen LogP contribution in [0.5, 0.6) is 0 Å². The molecule has 1 aromatic heterocycles. The molecule has 0 saturated carbocycles. The van der Waals surface area contributed by atoms with Crippen LogP contribution in [0.1, 0.15) is 31.2 Å². The van der Waals surface area contributed by atoms with Crippen LogP contribution in [0.2, 0.25) is 0 Å². The molecule has 0 N–H and O–H groups in total. The van der Waals surface area contributed by atoms with Gasteiger partial charge in [0.2, 0.25) is 0 Å². The third kappa shape index (κ3) is 4.56. The average Bonchev–Trinajstić information content (AvgIpc) is 3.08. The topological polar surface area (TPSA) is 46.8 Å². The van der Waals surface area contributed by atoms with E-state index in [1.165, 1.54) is 18.2 Å². The zero-order valence-electron chi connectivity index (χ0n) is 13.7. The molecule has 130 valence electrons. The van der Waals surface area contributed by atoms with Crippen LogP contribution in [0.4, 0.5) is 8.78 Å². The molecular weight excluding hydrogens is 312 g/mol. The maximum Gasteiger partial charge on any atom is 0.138 e. The number of aromatic nitrogens is 4. The van der Waals surface area contributed by atoms with E-state index in [-0.39, 0.29) is 5.56 Å². The van der Waals surface area contributed by atoms with E-state index in [2.05, 4.69) is 20.4 Å². The summed E-state index contributed by atoms with van der Waals surface area (Å²) in [5.41, 5.74) is 0.230. The number of hydrogen-bond donors (Lipinski definition) is 0. The van der Waals surface area contributed by atoms with E-state index in [4.69, 9.17) is 0 Å². The maximum atomic E-state index is 13.7. The van der Waals surface area contributed by atoms with Crippen LogP contribution >= 0.6 is 0 Å². The third-order valence-corrected chi connectivity index (χ3v) is 4.72. The molecule has 24 heavy (non-hydrogen) atoms. The second-order valence-electron chi connectivity index (χ2n) is 6.47. The van der Waals surface area contributed by atoms with E-state index in [0.717, 1.165) is 51.9 Å². The Morgan fingerprint density at radius 1 is 1.17 bits per heavy atom. The summed E-state index contributed by atoms with van der Waals surface area (Å²) in [6, 6.07) is 4.09. The fourth-order valence-electron chi connectivity index (χ4n) is 3.45.